The van der Waals surface area contributed by atoms with Crippen LogP contribution >= 0.6 is 0 Å². The Labute approximate surface area is 212 Å². The highest BCUT2D eigenvalue weighted by atomic mass is 16.3. The normalized spacial score (nSPS) is 16.3. The second-order valence-electron chi connectivity index (χ2n) is 10.6. The van der Waals surface area contributed by atoms with Crippen LogP contribution in [0.15, 0.2) is 12.2 Å². The summed E-state index contributed by atoms with van der Waals surface area (Å²) in [6, 6.07) is -0.199. The third-order valence-corrected chi connectivity index (χ3v) is 7.23. The van der Waals surface area contributed by atoms with Gasteiger partial charge < -0.3 is 15.3 Å². The molecular weight excluding hydrogens is 420 g/mol. The molecule has 0 aromatic carbocycles. The number of carbonyl (C=O) groups is 1. The molecule has 2 unspecified atom stereocenters. The van der Waals surface area contributed by atoms with E-state index in [2.05, 4.69) is 30.1 Å². The molecule has 0 saturated carbocycles. The lowest BCUT2D eigenvalue weighted by Gasteiger charge is -2.27. The standard InChI is InChI=1S/C30H58N2O2/c1-3-5-7-9-10-11-12-13-14-15-16-18-19-23-29(33)28(27-32-25-21-22-26-32)31-30(34)24-20-17-8-6-4-2/h19,23,28-29,33H,3-18,20-22,24-27H2,1-2H3,(H,31,34). The molecule has 2 N–H and O–H groups in total. The van der Waals surface area contributed by atoms with E-state index in [9.17, 15) is 9.90 Å². The Balaban J connectivity index is 2.21. The van der Waals surface area contributed by atoms with Crippen molar-refractivity contribution in [3.8, 4) is 0 Å². The van der Waals surface area contributed by atoms with E-state index in [1.807, 2.05) is 6.08 Å². The van der Waals surface area contributed by atoms with Crippen molar-refractivity contribution in [2.24, 2.45) is 0 Å². The van der Waals surface area contributed by atoms with Gasteiger partial charge in [0.2, 0.25) is 5.91 Å². The zero-order valence-corrected chi connectivity index (χ0v) is 22.9. The van der Waals surface area contributed by atoms with Crippen molar-refractivity contribution in [1.82, 2.24) is 10.2 Å². The molecule has 0 aromatic rings. The van der Waals surface area contributed by atoms with E-state index >= 15 is 0 Å². The molecule has 1 rings (SSSR count). The minimum absolute atomic E-state index is 0.0958. The molecule has 34 heavy (non-hydrogen) atoms. The van der Waals surface area contributed by atoms with Gasteiger partial charge in [0.1, 0.15) is 0 Å². The van der Waals surface area contributed by atoms with Gasteiger partial charge in [0.25, 0.3) is 0 Å². The summed E-state index contributed by atoms with van der Waals surface area (Å²) in [5, 5.41) is 14.0. The third-order valence-electron chi connectivity index (χ3n) is 7.23. The largest absolute Gasteiger partial charge is 0.387 e. The lowest BCUT2D eigenvalue weighted by molar-refractivity contribution is -0.122. The van der Waals surface area contributed by atoms with Gasteiger partial charge in [-0.3, -0.25) is 4.79 Å². The van der Waals surface area contributed by atoms with Crippen molar-refractivity contribution in [1.29, 1.82) is 0 Å². The summed E-state index contributed by atoms with van der Waals surface area (Å²) in [6.07, 6.45) is 28.2. The molecule has 200 valence electrons. The summed E-state index contributed by atoms with van der Waals surface area (Å²) in [4.78, 5) is 14.9. The van der Waals surface area contributed by atoms with Crippen LogP contribution in [0.4, 0.5) is 0 Å². The number of unbranched alkanes of at least 4 members (excludes halogenated alkanes) is 15. The Kier molecular flexibility index (Phi) is 20.7. The summed E-state index contributed by atoms with van der Waals surface area (Å²) >= 11 is 0. The molecule has 1 saturated heterocycles. The predicted molar refractivity (Wildman–Crippen MR) is 147 cm³/mol. The average molecular weight is 479 g/mol. The second-order valence-corrected chi connectivity index (χ2v) is 10.6. The lowest BCUT2D eigenvalue weighted by atomic mass is 10.0. The number of allylic oxidation sites excluding steroid dienone is 1. The number of likely N-dealkylation sites (tertiary alicyclic amines) is 1. The number of amides is 1. The second kappa shape index (κ2) is 22.6. The zero-order valence-electron chi connectivity index (χ0n) is 22.9. The average Bonchev–Trinajstić information content (AvgIpc) is 3.34. The van der Waals surface area contributed by atoms with Crippen LogP contribution in [0.25, 0.3) is 0 Å². The number of hydrogen-bond donors (Lipinski definition) is 2. The molecule has 2 atom stereocenters. The molecule has 1 fully saturated rings. The maximum atomic E-state index is 12.5. The Morgan fingerprint density at radius 1 is 0.794 bits per heavy atom. The van der Waals surface area contributed by atoms with Crippen LogP contribution in [0.3, 0.4) is 0 Å². The fraction of sp³-hybridized carbons (Fsp3) is 0.900. The van der Waals surface area contributed by atoms with Gasteiger partial charge in [-0.1, -0.05) is 116 Å². The minimum Gasteiger partial charge on any atom is -0.387 e. The summed E-state index contributed by atoms with van der Waals surface area (Å²) < 4.78 is 0. The minimum atomic E-state index is -0.600. The number of nitrogens with one attached hydrogen (secondary N) is 1. The molecule has 0 spiro atoms. The van der Waals surface area contributed by atoms with E-state index in [1.165, 1.54) is 103 Å². The fourth-order valence-electron chi connectivity index (χ4n) is 4.95. The highest BCUT2D eigenvalue weighted by molar-refractivity contribution is 5.76. The molecule has 0 radical (unpaired) electrons. The zero-order chi connectivity index (χ0) is 24.7. The van der Waals surface area contributed by atoms with E-state index in [0.717, 1.165) is 38.9 Å². The molecule has 0 aromatic heterocycles. The van der Waals surface area contributed by atoms with Gasteiger partial charge in [-0.15, -0.1) is 0 Å². The number of aliphatic hydroxyl groups excluding tert-OH is 1. The Morgan fingerprint density at radius 2 is 1.29 bits per heavy atom. The molecular formula is C30H58N2O2. The molecule has 1 aliphatic heterocycles. The van der Waals surface area contributed by atoms with Gasteiger partial charge in [0.05, 0.1) is 12.1 Å². The topological polar surface area (TPSA) is 52.6 Å². The van der Waals surface area contributed by atoms with E-state index in [4.69, 9.17) is 0 Å². The van der Waals surface area contributed by atoms with E-state index < -0.39 is 6.10 Å². The van der Waals surface area contributed by atoms with Gasteiger partial charge >= 0.3 is 0 Å². The number of carbonyl (C=O) groups excluding carboxylic acids is 1. The van der Waals surface area contributed by atoms with Gasteiger partial charge in [-0.2, -0.15) is 0 Å². The molecule has 1 amide bonds. The Bertz CT molecular complexity index is 488. The van der Waals surface area contributed by atoms with Gasteiger partial charge in [0.15, 0.2) is 0 Å². The van der Waals surface area contributed by atoms with Crippen molar-refractivity contribution >= 4 is 5.91 Å². The van der Waals surface area contributed by atoms with Gasteiger partial charge in [-0.05, 0) is 45.2 Å². The first-order chi connectivity index (χ1) is 16.7. The first-order valence-corrected chi connectivity index (χ1v) is 15.0. The number of rotatable bonds is 23. The molecule has 1 aliphatic rings. The van der Waals surface area contributed by atoms with Gasteiger partial charge in [0, 0.05) is 13.0 Å². The van der Waals surface area contributed by atoms with Crippen LogP contribution in [-0.2, 0) is 4.79 Å². The van der Waals surface area contributed by atoms with Crippen LogP contribution in [0.5, 0.6) is 0 Å². The van der Waals surface area contributed by atoms with E-state index in [1.54, 1.807) is 0 Å². The van der Waals surface area contributed by atoms with E-state index in [-0.39, 0.29) is 11.9 Å². The lowest BCUT2D eigenvalue weighted by Crippen LogP contribution is -2.49. The number of nitrogens with zero attached hydrogens (tertiary/aromatic N) is 1. The summed E-state index contributed by atoms with van der Waals surface area (Å²) in [5.41, 5.74) is 0. The van der Waals surface area contributed by atoms with Crippen LogP contribution in [0.2, 0.25) is 0 Å². The van der Waals surface area contributed by atoms with E-state index in [0.29, 0.717) is 6.42 Å². The van der Waals surface area contributed by atoms with Crippen molar-refractivity contribution < 1.29 is 9.90 Å². The smallest absolute Gasteiger partial charge is 0.220 e. The molecule has 4 nitrogen and oxygen atoms in total. The van der Waals surface area contributed by atoms with Crippen molar-refractivity contribution in [3.63, 3.8) is 0 Å². The number of aliphatic hydroxyl groups is 1. The predicted octanol–water partition coefficient (Wildman–Crippen LogP) is 7.55. The first-order valence-electron chi connectivity index (χ1n) is 15.0. The third kappa shape index (κ3) is 17.5. The summed E-state index contributed by atoms with van der Waals surface area (Å²) in [7, 11) is 0. The Hall–Kier alpha value is -0.870. The number of hydrogen-bond acceptors (Lipinski definition) is 3. The maximum Gasteiger partial charge on any atom is 0.220 e. The molecule has 0 bridgehead atoms. The van der Waals surface area contributed by atoms with Gasteiger partial charge in [-0.25, -0.2) is 0 Å². The quantitative estimate of drug-likeness (QED) is 0.118. The molecule has 4 heteroatoms. The summed E-state index contributed by atoms with van der Waals surface area (Å²) in [6.45, 7) is 7.41. The highest BCUT2D eigenvalue weighted by Crippen LogP contribution is 2.13. The fourth-order valence-corrected chi connectivity index (χ4v) is 4.95. The monoisotopic (exact) mass is 478 g/mol. The highest BCUT2D eigenvalue weighted by Gasteiger charge is 2.23. The summed E-state index contributed by atoms with van der Waals surface area (Å²) in [5.74, 6) is 0.0958. The van der Waals surface area contributed by atoms with Crippen LogP contribution < -0.4 is 5.32 Å². The SMILES string of the molecule is CCCCCCCCCCCCCC=CC(O)C(CN1CCCC1)NC(=O)CCCCCCC. The van der Waals surface area contributed by atoms with Crippen LogP contribution in [0, 0.1) is 0 Å². The van der Waals surface area contributed by atoms with Crippen molar-refractivity contribution in [2.75, 3.05) is 19.6 Å². The Morgan fingerprint density at radius 3 is 1.85 bits per heavy atom. The maximum absolute atomic E-state index is 12.5. The van der Waals surface area contributed by atoms with Crippen molar-refractivity contribution in [3.05, 3.63) is 12.2 Å². The van der Waals surface area contributed by atoms with Crippen molar-refractivity contribution in [2.45, 2.75) is 154 Å². The molecule has 1 heterocycles. The first kappa shape index (κ1) is 31.2. The van der Waals surface area contributed by atoms with Crippen LogP contribution in [0.1, 0.15) is 142 Å². The van der Waals surface area contributed by atoms with Crippen LogP contribution in [-0.4, -0.2) is 47.7 Å². The molecule has 0 aliphatic carbocycles.